The highest BCUT2D eigenvalue weighted by molar-refractivity contribution is 6.35. The van der Waals surface area contributed by atoms with Crippen LogP contribution in [0, 0.1) is 5.82 Å². The molecule has 0 fully saturated rings. The van der Waals surface area contributed by atoms with E-state index in [1.54, 1.807) is 18.2 Å². The maximum atomic E-state index is 13.6. The van der Waals surface area contributed by atoms with Gasteiger partial charge in [0.05, 0.1) is 12.1 Å². The molecular weight excluding hydrogens is 427 g/mol. The van der Waals surface area contributed by atoms with Crippen molar-refractivity contribution in [3.8, 4) is 0 Å². The monoisotopic (exact) mass is 448 g/mol. The zero-order chi connectivity index (χ0) is 22.7. The summed E-state index contributed by atoms with van der Waals surface area (Å²) in [7, 11) is 0. The maximum absolute atomic E-state index is 13.6. The van der Waals surface area contributed by atoms with Crippen molar-refractivity contribution in [1.29, 1.82) is 0 Å². The Balaban J connectivity index is 1.77. The molecule has 0 saturated carbocycles. The molecule has 6 heteroatoms. The van der Waals surface area contributed by atoms with Gasteiger partial charge >= 0.3 is 0 Å². The summed E-state index contributed by atoms with van der Waals surface area (Å²) in [6.07, 6.45) is 0. The van der Waals surface area contributed by atoms with Gasteiger partial charge in [0.2, 0.25) is 0 Å². The van der Waals surface area contributed by atoms with Crippen LogP contribution in [0.15, 0.2) is 84.6 Å². The van der Waals surface area contributed by atoms with Crippen molar-refractivity contribution in [3.63, 3.8) is 0 Å². The molecule has 1 heterocycles. The molecule has 0 unspecified atom stereocenters. The number of carbonyl (C=O) groups is 2. The van der Waals surface area contributed by atoms with Gasteiger partial charge in [0.1, 0.15) is 11.5 Å². The van der Waals surface area contributed by atoms with E-state index < -0.39 is 11.7 Å². The van der Waals surface area contributed by atoms with E-state index in [2.05, 4.69) is 0 Å². The van der Waals surface area contributed by atoms with Crippen molar-refractivity contribution in [2.45, 2.75) is 20.0 Å². The zero-order valence-corrected chi connectivity index (χ0v) is 18.3. The second-order valence-electron chi connectivity index (χ2n) is 7.52. The van der Waals surface area contributed by atoms with Crippen LogP contribution in [0.25, 0.3) is 5.57 Å². The van der Waals surface area contributed by atoms with Crippen LogP contribution in [0.5, 0.6) is 0 Å². The number of nitrogens with zero attached hydrogens (tertiary/aromatic N) is 2. The summed E-state index contributed by atoms with van der Waals surface area (Å²) in [5.41, 5.74) is 2.81. The average Bonchev–Trinajstić information content (AvgIpc) is 3.05. The van der Waals surface area contributed by atoms with Crippen molar-refractivity contribution >= 4 is 29.0 Å². The third-order valence-electron chi connectivity index (χ3n) is 5.48. The van der Waals surface area contributed by atoms with E-state index in [0.717, 1.165) is 5.56 Å². The molecule has 0 spiro atoms. The van der Waals surface area contributed by atoms with E-state index in [1.165, 1.54) is 29.2 Å². The predicted octanol–water partition coefficient (Wildman–Crippen LogP) is 5.28. The summed E-state index contributed by atoms with van der Waals surface area (Å²) < 4.78 is 13.6. The fourth-order valence-electron chi connectivity index (χ4n) is 3.83. The quantitative estimate of drug-likeness (QED) is 0.461. The molecule has 0 bridgehead atoms. The molecule has 32 heavy (non-hydrogen) atoms. The van der Waals surface area contributed by atoms with Crippen LogP contribution in [0.2, 0.25) is 5.02 Å². The van der Waals surface area contributed by atoms with Gasteiger partial charge in [-0.15, -0.1) is 0 Å². The molecule has 3 aromatic rings. The molecule has 0 aromatic heterocycles. The molecule has 1 aliphatic rings. The van der Waals surface area contributed by atoms with E-state index in [9.17, 15) is 14.0 Å². The van der Waals surface area contributed by atoms with Crippen molar-refractivity contribution < 1.29 is 14.0 Å². The first-order valence-corrected chi connectivity index (χ1v) is 10.8. The average molecular weight is 449 g/mol. The Morgan fingerprint density at radius 2 is 1.53 bits per heavy atom. The van der Waals surface area contributed by atoms with E-state index in [4.69, 9.17) is 11.6 Å². The van der Waals surface area contributed by atoms with Crippen LogP contribution < -0.4 is 0 Å². The first-order valence-electron chi connectivity index (χ1n) is 10.4. The molecule has 1 aliphatic heterocycles. The van der Waals surface area contributed by atoms with Gasteiger partial charge in [0.25, 0.3) is 11.8 Å². The summed E-state index contributed by atoms with van der Waals surface area (Å²) in [5.74, 6) is -1.20. The number of benzene rings is 3. The zero-order valence-electron chi connectivity index (χ0n) is 17.6. The minimum Gasteiger partial charge on any atom is -0.362 e. The standard InChI is InChI=1S/C26H22ClFN2O2/c1-2-29(16-18-8-4-3-5-9-18)24-23(19-12-14-21(28)15-13-19)25(31)30(26(24)32)17-20-10-6-7-11-22(20)27/h3-15H,2,16-17H2,1H3. The molecule has 0 N–H and O–H groups in total. The van der Waals surface area contributed by atoms with Crippen molar-refractivity contribution in [2.24, 2.45) is 0 Å². The van der Waals surface area contributed by atoms with Crippen LogP contribution in [0.3, 0.4) is 0 Å². The summed E-state index contributed by atoms with van der Waals surface area (Å²) in [6.45, 7) is 2.99. The van der Waals surface area contributed by atoms with Gasteiger partial charge in [-0.25, -0.2) is 4.39 Å². The topological polar surface area (TPSA) is 40.6 Å². The van der Waals surface area contributed by atoms with Crippen molar-refractivity contribution in [3.05, 3.63) is 112 Å². The Kier molecular flexibility index (Phi) is 6.37. The Morgan fingerprint density at radius 1 is 0.875 bits per heavy atom. The highest BCUT2D eigenvalue weighted by atomic mass is 35.5. The lowest BCUT2D eigenvalue weighted by molar-refractivity contribution is -0.138. The summed E-state index contributed by atoms with van der Waals surface area (Å²) in [5, 5.41) is 0.488. The minimum absolute atomic E-state index is 0.0639. The first kappa shape index (κ1) is 21.8. The number of halogens is 2. The Morgan fingerprint density at radius 3 is 2.19 bits per heavy atom. The van der Waals surface area contributed by atoms with Gasteiger partial charge in [0, 0.05) is 18.1 Å². The summed E-state index contributed by atoms with van der Waals surface area (Å²) in [4.78, 5) is 30.1. The van der Waals surface area contributed by atoms with Gasteiger partial charge in [-0.1, -0.05) is 72.3 Å². The van der Waals surface area contributed by atoms with Crippen LogP contribution in [0.1, 0.15) is 23.6 Å². The third kappa shape index (κ3) is 4.30. The molecule has 4 nitrogen and oxygen atoms in total. The maximum Gasteiger partial charge on any atom is 0.278 e. The third-order valence-corrected chi connectivity index (χ3v) is 5.85. The number of carbonyl (C=O) groups excluding carboxylic acids is 2. The molecule has 0 atom stereocenters. The lowest BCUT2D eigenvalue weighted by Crippen LogP contribution is -2.34. The van der Waals surface area contributed by atoms with Gasteiger partial charge in [-0.2, -0.15) is 0 Å². The number of hydrogen-bond donors (Lipinski definition) is 0. The molecule has 162 valence electrons. The number of imide groups is 1. The number of amides is 2. The second-order valence-corrected chi connectivity index (χ2v) is 7.93. The number of rotatable bonds is 7. The Bertz CT molecular complexity index is 1180. The Labute approximate surface area is 191 Å². The van der Waals surface area contributed by atoms with E-state index >= 15 is 0 Å². The molecule has 0 aliphatic carbocycles. The first-order chi connectivity index (χ1) is 15.5. The van der Waals surface area contributed by atoms with Crippen molar-refractivity contribution in [2.75, 3.05) is 6.54 Å². The van der Waals surface area contributed by atoms with Gasteiger partial charge in [-0.05, 0) is 41.8 Å². The highest BCUT2D eigenvalue weighted by Gasteiger charge is 2.41. The largest absolute Gasteiger partial charge is 0.362 e. The normalized spacial score (nSPS) is 13.8. The van der Waals surface area contributed by atoms with Gasteiger partial charge in [0.15, 0.2) is 0 Å². The van der Waals surface area contributed by atoms with Gasteiger partial charge < -0.3 is 4.90 Å². The Hall–Kier alpha value is -3.44. The number of likely N-dealkylation sites (N-methyl/N-ethyl adjacent to an activating group) is 1. The lowest BCUT2D eigenvalue weighted by Gasteiger charge is -2.25. The predicted molar refractivity (Wildman–Crippen MR) is 123 cm³/mol. The molecular formula is C26H22ClFN2O2. The molecule has 4 rings (SSSR count). The fraction of sp³-hybridized carbons (Fsp3) is 0.154. The second kappa shape index (κ2) is 9.37. The smallest absolute Gasteiger partial charge is 0.278 e. The lowest BCUT2D eigenvalue weighted by atomic mass is 10.0. The minimum atomic E-state index is -0.414. The fourth-order valence-corrected chi connectivity index (χ4v) is 4.02. The molecule has 0 saturated heterocycles. The molecule has 2 amide bonds. The van der Waals surface area contributed by atoms with Crippen LogP contribution in [-0.4, -0.2) is 28.2 Å². The molecule has 0 radical (unpaired) electrons. The van der Waals surface area contributed by atoms with E-state index in [0.29, 0.717) is 34.9 Å². The van der Waals surface area contributed by atoms with Gasteiger partial charge in [-0.3, -0.25) is 14.5 Å². The molecule has 3 aromatic carbocycles. The number of hydrogen-bond acceptors (Lipinski definition) is 3. The van der Waals surface area contributed by atoms with Crippen LogP contribution >= 0.6 is 11.6 Å². The van der Waals surface area contributed by atoms with E-state index in [-0.39, 0.29) is 18.0 Å². The van der Waals surface area contributed by atoms with Crippen LogP contribution in [0.4, 0.5) is 4.39 Å². The SMILES string of the molecule is CCN(Cc1ccccc1)C1=C(c2ccc(F)cc2)C(=O)N(Cc2ccccc2Cl)C1=O. The summed E-state index contributed by atoms with van der Waals surface area (Å²) >= 11 is 6.29. The van der Waals surface area contributed by atoms with E-state index in [1.807, 2.05) is 48.2 Å². The summed E-state index contributed by atoms with van der Waals surface area (Å²) in [6, 6.07) is 22.5. The van der Waals surface area contributed by atoms with Crippen molar-refractivity contribution in [1.82, 2.24) is 9.80 Å². The highest BCUT2D eigenvalue weighted by Crippen LogP contribution is 2.34. The van der Waals surface area contributed by atoms with Crippen LogP contribution in [-0.2, 0) is 22.7 Å².